The zero-order valence-electron chi connectivity index (χ0n) is 10.2. The van der Waals surface area contributed by atoms with Gasteiger partial charge in [0, 0.05) is 18.0 Å². The Morgan fingerprint density at radius 1 is 1.33 bits per heavy atom. The Bertz CT molecular complexity index is 568. The third-order valence-corrected chi connectivity index (χ3v) is 3.36. The van der Waals surface area contributed by atoms with E-state index >= 15 is 0 Å². The van der Waals surface area contributed by atoms with E-state index in [1.54, 1.807) is 12.4 Å². The number of aryl methyl sites for hydroxylation is 1. The number of aliphatic hydroxyl groups is 1. The minimum absolute atomic E-state index is 0.00944. The maximum Gasteiger partial charge on any atom is 0.123 e. The number of pyridine rings is 1. The molecule has 0 spiro atoms. The average molecular weight is 241 g/mol. The van der Waals surface area contributed by atoms with E-state index in [9.17, 15) is 5.11 Å². The lowest BCUT2D eigenvalue weighted by Crippen LogP contribution is -2.12. The Balaban J connectivity index is 1.93. The Kier molecular flexibility index (Phi) is 2.76. The summed E-state index contributed by atoms with van der Waals surface area (Å²) in [6.45, 7) is 2.50. The number of ether oxygens (including phenoxy) is 1. The van der Waals surface area contributed by atoms with Crippen molar-refractivity contribution >= 4 is 0 Å². The second-order valence-corrected chi connectivity index (χ2v) is 4.70. The highest BCUT2D eigenvalue weighted by Gasteiger charge is 2.31. The molecule has 0 aliphatic carbocycles. The quantitative estimate of drug-likeness (QED) is 0.878. The molecule has 3 nitrogen and oxygen atoms in total. The lowest BCUT2D eigenvalue weighted by molar-refractivity contribution is 0.129. The van der Waals surface area contributed by atoms with Gasteiger partial charge < -0.3 is 9.84 Å². The number of rotatable bonds is 2. The molecule has 2 heterocycles. The molecule has 1 N–H and O–H groups in total. The molecule has 2 unspecified atom stereocenters. The van der Waals surface area contributed by atoms with Gasteiger partial charge >= 0.3 is 0 Å². The van der Waals surface area contributed by atoms with Crippen molar-refractivity contribution in [3.63, 3.8) is 0 Å². The summed E-state index contributed by atoms with van der Waals surface area (Å²) < 4.78 is 5.60. The van der Waals surface area contributed by atoms with Gasteiger partial charge in [-0.05, 0) is 24.1 Å². The van der Waals surface area contributed by atoms with Gasteiger partial charge in [0.25, 0.3) is 0 Å². The highest BCUT2D eigenvalue weighted by molar-refractivity contribution is 5.41. The number of para-hydroxylation sites is 1. The fourth-order valence-corrected chi connectivity index (χ4v) is 2.42. The molecule has 3 rings (SSSR count). The van der Waals surface area contributed by atoms with E-state index in [1.807, 2.05) is 37.3 Å². The fraction of sp³-hybridized carbons (Fsp3) is 0.267. The molecule has 1 aliphatic heterocycles. The number of hydrogen-bond acceptors (Lipinski definition) is 3. The van der Waals surface area contributed by atoms with Crippen LogP contribution in [0.15, 0.2) is 42.7 Å². The molecule has 18 heavy (non-hydrogen) atoms. The van der Waals surface area contributed by atoms with E-state index in [0.717, 1.165) is 22.4 Å². The molecular formula is C15H15NO2. The summed E-state index contributed by atoms with van der Waals surface area (Å²) in [6, 6.07) is 9.85. The van der Waals surface area contributed by atoms with Crippen LogP contribution in [0.25, 0.3) is 0 Å². The van der Waals surface area contributed by atoms with Crippen LogP contribution in [0.4, 0.5) is 0 Å². The molecule has 92 valence electrons. The van der Waals surface area contributed by atoms with E-state index in [1.165, 1.54) is 0 Å². The molecular weight excluding hydrogens is 226 g/mol. The Morgan fingerprint density at radius 2 is 2.17 bits per heavy atom. The minimum Gasteiger partial charge on any atom is -0.493 e. The molecule has 2 atom stereocenters. The van der Waals surface area contributed by atoms with Gasteiger partial charge in [0.15, 0.2) is 0 Å². The standard InChI is InChI=1S/C15H15NO2/c1-10-6-11(8-16-7-10)15(17)13-9-18-14-5-3-2-4-12(13)14/h2-8,13,15,17H,9H2,1H3. The van der Waals surface area contributed by atoms with Crippen LogP contribution in [-0.2, 0) is 0 Å². The molecule has 1 aromatic heterocycles. The van der Waals surface area contributed by atoms with Crippen LogP contribution in [0.1, 0.15) is 28.7 Å². The molecule has 0 fully saturated rings. The summed E-state index contributed by atoms with van der Waals surface area (Å²) >= 11 is 0. The molecule has 1 aromatic carbocycles. The molecule has 1 aliphatic rings. The summed E-state index contributed by atoms with van der Waals surface area (Å²) in [5, 5.41) is 10.5. The predicted molar refractivity (Wildman–Crippen MR) is 68.6 cm³/mol. The van der Waals surface area contributed by atoms with Crippen molar-refractivity contribution in [2.75, 3.05) is 6.61 Å². The first-order valence-corrected chi connectivity index (χ1v) is 6.07. The molecule has 2 aromatic rings. The van der Waals surface area contributed by atoms with Crippen LogP contribution < -0.4 is 4.74 Å². The molecule has 0 saturated carbocycles. The van der Waals surface area contributed by atoms with Crippen LogP contribution in [-0.4, -0.2) is 16.7 Å². The smallest absolute Gasteiger partial charge is 0.123 e. The van der Waals surface area contributed by atoms with Crippen molar-refractivity contribution in [3.05, 3.63) is 59.4 Å². The first-order valence-electron chi connectivity index (χ1n) is 6.07. The van der Waals surface area contributed by atoms with Crippen molar-refractivity contribution in [1.29, 1.82) is 0 Å². The van der Waals surface area contributed by atoms with Gasteiger partial charge in [-0.2, -0.15) is 0 Å². The number of benzene rings is 1. The number of aromatic nitrogens is 1. The van der Waals surface area contributed by atoms with Crippen molar-refractivity contribution in [2.24, 2.45) is 0 Å². The van der Waals surface area contributed by atoms with Gasteiger partial charge in [-0.1, -0.05) is 24.3 Å². The van der Waals surface area contributed by atoms with Gasteiger partial charge in [0.1, 0.15) is 5.75 Å². The summed E-state index contributed by atoms with van der Waals surface area (Å²) in [5.41, 5.74) is 2.98. The number of hydrogen-bond donors (Lipinski definition) is 1. The third kappa shape index (κ3) is 1.87. The summed E-state index contributed by atoms with van der Waals surface area (Å²) in [7, 11) is 0. The van der Waals surface area contributed by atoms with Crippen molar-refractivity contribution < 1.29 is 9.84 Å². The molecule has 0 saturated heterocycles. The lowest BCUT2D eigenvalue weighted by atomic mass is 9.91. The third-order valence-electron chi connectivity index (χ3n) is 3.36. The van der Waals surface area contributed by atoms with Crippen molar-refractivity contribution in [1.82, 2.24) is 4.98 Å². The second kappa shape index (κ2) is 4.42. The maximum atomic E-state index is 10.5. The summed E-state index contributed by atoms with van der Waals surface area (Å²) in [5.74, 6) is 0.868. The summed E-state index contributed by atoms with van der Waals surface area (Å²) in [6.07, 6.45) is 2.94. The molecule has 0 radical (unpaired) electrons. The Morgan fingerprint density at radius 3 is 3.00 bits per heavy atom. The zero-order chi connectivity index (χ0) is 12.5. The topological polar surface area (TPSA) is 42.4 Å². The normalized spacial score (nSPS) is 19.1. The fourth-order valence-electron chi connectivity index (χ4n) is 2.42. The van der Waals surface area contributed by atoms with Crippen LogP contribution in [0.3, 0.4) is 0 Å². The lowest BCUT2D eigenvalue weighted by Gasteiger charge is -2.17. The molecule has 0 bridgehead atoms. The van der Waals surface area contributed by atoms with Crippen molar-refractivity contribution in [3.8, 4) is 5.75 Å². The highest BCUT2D eigenvalue weighted by Crippen LogP contribution is 2.40. The van der Waals surface area contributed by atoms with Crippen molar-refractivity contribution in [2.45, 2.75) is 18.9 Å². The van der Waals surface area contributed by atoms with Crippen LogP contribution in [0.5, 0.6) is 5.75 Å². The average Bonchev–Trinajstić information content (AvgIpc) is 2.82. The highest BCUT2D eigenvalue weighted by atomic mass is 16.5. The largest absolute Gasteiger partial charge is 0.493 e. The van der Waals surface area contributed by atoms with E-state index in [2.05, 4.69) is 4.98 Å². The van der Waals surface area contributed by atoms with Gasteiger partial charge in [-0.15, -0.1) is 0 Å². The zero-order valence-corrected chi connectivity index (χ0v) is 10.2. The summed E-state index contributed by atoms with van der Waals surface area (Å²) in [4.78, 5) is 4.13. The number of aliphatic hydroxyl groups excluding tert-OH is 1. The predicted octanol–water partition coefficient (Wildman–Crippen LogP) is 2.60. The van der Waals surface area contributed by atoms with E-state index in [0.29, 0.717) is 6.61 Å². The number of fused-ring (bicyclic) bond motifs is 1. The second-order valence-electron chi connectivity index (χ2n) is 4.70. The van der Waals surface area contributed by atoms with Crippen LogP contribution >= 0.6 is 0 Å². The van der Waals surface area contributed by atoms with Gasteiger partial charge in [0.2, 0.25) is 0 Å². The maximum absolute atomic E-state index is 10.5. The Hall–Kier alpha value is -1.87. The minimum atomic E-state index is -0.568. The van der Waals surface area contributed by atoms with Gasteiger partial charge in [0.05, 0.1) is 18.6 Å². The van der Waals surface area contributed by atoms with Crippen LogP contribution in [0.2, 0.25) is 0 Å². The van der Waals surface area contributed by atoms with Crippen LogP contribution in [0, 0.1) is 6.92 Å². The van der Waals surface area contributed by atoms with Gasteiger partial charge in [-0.25, -0.2) is 0 Å². The Labute approximate surface area is 106 Å². The SMILES string of the molecule is Cc1cncc(C(O)C2COc3ccccc32)c1. The van der Waals surface area contributed by atoms with E-state index < -0.39 is 6.10 Å². The monoisotopic (exact) mass is 241 g/mol. The molecule has 3 heteroatoms. The number of nitrogens with zero attached hydrogens (tertiary/aromatic N) is 1. The van der Waals surface area contributed by atoms with E-state index in [4.69, 9.17) is 4.74 Å². The first-order chi connectivity index (χ1) is 8.75. The molecule has 0 amide bonds. The van der Waals surface area contributed by atoms with Gasteiger partial charge in [-0.3, -0.25) is 4.98 Å². The first kappa shape index (κ1) is 11.2. The van der Waals surface area contributed by atoms with E-state index in [-0.39, 0.29) is 5.92 Å².